The van der Waals surface area contributed by atoms with Gasteiger partial charge in [-0.05, 0) is 0 Å². The number of anilines is 1. The molecule has 0 aliphatic rings. The monoisotopic (exact) mass is 243 g/mol. The smallest absolute Gasteiger partial charge is 0.202 e. The normalized spacial score (nSPS) is 10.7. The molecule has 1 heterocycles. The molecule has 98 valence electrons. The molecule has 1 aromatic heterocycles. The Bertz CT molecular complexity index is 291. The number of nitrogens with zero attached hydrogens (tertiary/aromatic N) is 2. The Morgan fingerprint density at radius 2 is 2.00 bits per heavy atom. The van der Waals surface area contributed by atoms with Gasteiger partial charge < -0.3 is 24.1 Å². The van der Waals surface area contributed by atoms with Crippen LogP contribution in [0.2, 0.25) is 0 Å². The third kappa shape index (κ3) is 5.67. The summed E-state index contributed by atoms with van der Waals surface area (Å²) >= 11 is 0. The van der Waals surface area contributed by atoms with Gasteiger partial charge in [-0.2, -0.15) is 0 Å². The van der Waals surface area contributed by atoms with Gasteiger partial charge in [0.1, 0.15) is 0 Å². The standard InChI is InChI=1S/C11H21N3O3/c1-15-7-4-13-11-12-3-5-14(11)6-8-17-10-9-16-2/h3,5H,4,6-10H2,1-2H3,(H,12,13). The molecular formula is C11H21N3O3. The van der Waals surface area contributed by atoms with Gasteiger partial charge in [-0.15, -0.1) is 0 Å². The molecule has 0 aliphatic carbocycles. The number of nitrogens with one attached hydrogen (secondary N) is 1. The van der Waals surface area contributed by atoms with Crippen LogP contribution >= 0.6 is 0 Å². The lowest BCUT2D eigenvalue weighted by atomic mass is 10.6. The minimum atomic E-state index is 0.623. The van der Waals surface area contributed by atoms with E-state index in [1.165, 1.54) is 0 Å². The number of methoxy groups -OCH3 is 2. The molecule has 1 N–H and O–H groups in total. The van der Waals surface area contributed by atoms with E-state index < -0.39 is 0 Å². The summed E-state index contributed by atoms with van der Waals surface area (Å²) in [5.41, 5.74) is 0. The first-order chi connectivity index (χ1) is 8.38. The average molecular weight is 243 g/mol. The van der Waals surface area contributed by atoms with E-state index in [4.69, 9.17) is 14.2 Å². The van der Waals surface area contributed by atoms with E-state index in [0.717, 1.165) is 19.0 Å². The van der Waals surface area contributed by atoms with Crippen LogP contribution in [-0.4, -0.2) is 56.7 Å². The van der Waals surface area contributed by atoms with E-state index in [1.807, 2.05) is 10.8 Å². The van der Waals surface area contributed by atoms with Crippen LogP contribution in [0.1, 0.15) is 0 Å². The molecule has 0 aliphatic heterocycles. The summed E-state index contributed by atoms with van der Waals surface area (Å²) in [5.74, 6) is 0.845. The van der Waals surface area contributed by atoms with Gasteiger partial charge in [0.2, 0.25) is 5.95 Å². The maximum Gasteiger partial charge on any atom is 0.202 e. The molecule has 0 aromatic carbocycles. The Morgan fingerprint density at radius 3 is 2.76 bits per heavy atom. The second-order valence-corrected chi connectivity index (χ2v) is 3.47. The summed E-state index contributed by atoms with van der Waals surface area (Å²) in [5, 5.41) is 3.19. The lowest BCUT2D eigenvalue weighted by Crippen LogP contribution is -2.14. The van der Waals surface area contributed by atoms with E-state index >= 15 is 0 Å². The maximum absolute atomic E-state index is 5.40. The Labute approximate surface area is 102 Å². The number of hydrogen-bond donors (Lipinski definition) is 1. The van der Waals surface area contributed by atoms with Gasteiger partial charge >= 0.3 is 0 Å². The van der Waals surface area contributed by atoms with Crippen molar-refractivity contribution >= 4 is 5.95 Å². The Morgan fingerprint density at radius 1 is 1.18 bits per heavy atom. The van der Waals surface area contributed by atoms with Crippen molar-refractivity contribution in [3.8, 4) is 0 Å². The third-order valence-corrected chi connectivity index (χ3v) is 2.21. The van der Waals surface area contributed by atoms with Gasteiger partial charge in [-0.1, -0.05) is 0 Å². The topological polar surface area (TPSA) is 57.5 Å². The van der Waals surface area contributed by atoms with Crippen LogP contribution in [0.4, 0.5) is 5.95 Å². The quantitative estimate of drug-likeness (QED) is 0.610. The first-order valence-corrected chi connectivity index (χ1v) is 5.69. The predicted octanol–water partition coefficient (Wildman–Crippen LogP) is 0.604. The lowest BCUT2D eigenvalue weighted by Gasteiger charge is -2.09. The highest BCUT2D eigenvalue weighted by atomic mass is 16.5. The molecule has 0 saturated carbocycles. The highest BCUT2D eigenvalue weighted by molar-refractivity contribution is 5.25. The van der Waals surface area contributed by atoms with Gasteiger partial charge in [-0.3, -0.25) is 0 Å². The molecule has 6 nitrogen and oxygen atoms in total. The van der Waals surface area contributed by atoms with Gasteiger partial charge in [-0.25, -0.2) is 4.98 Å². The fourth-order valence-electron chi connectivity index (χ4n) is 1.33. The maximum atomic E-state index is 5.40. The summed E-state index contributed by atoms with van der Waals surface area (Å²) in [6.07, 6.45) is 3.69. The average Bonchev–Trinajstić information content (AvgIpc) is 2.77. The fourth-order valence-corrected chi connectivity index (χ4v) is 1.33. The van der Waals surface area contributed by atoms with Crippen molar-refractivity contribution < 1.29 is 14.2 Å². The summed E-state index contributed by atoms with van der Waals surface area (Å²) in [7, 11) is 3.34. The minimum Gasteiger partial charge on any atom is -0.383 e. The van der Waals surface area contributed by atoms with E-state index in [1.54, 1.807) is 20.4 Å². The Balaban J connectivity index is 2.20. The Kier molecular flexibility index (Phi) is 7.37. The molecule has 1 aromatic rings. The van der Waals surface area contributed by atoms with E-state index in [2.05, 4.69) is 10.3 Å². The summed E-state index contributed by atoms with van der Waals surface area (Å²) in [6, 6.07) is 0. The first-order valence-electron chi connectivity index (χ1n) is 5.69. The van der Waals surface area contributed by atoms with Crippen molar-refractivity contribution in [2.75, 3.05) is 52.5 Å². The molecule has 0 bridgehead atoms. The first kappa shape index (κ1) is 14.0. The van der Waals surface area contributed by atoms with Gasteiger partial charge in [0.15, 0.2) is 0 Å². The van der Waals surface area contributed by atoms with E-state index in [-0.39, 0.29) is 0 Å². The molecule has 0 spiro atoms. The predicted molar refractivity (Wildman–Crippen MR) is 65.3 cm³/mol. The van der Waals surface area contributed by atoms with Crippen molar-refractivity contribution in [3.63, 3.8) is 0 Å². The number of aromatic nitrogens is 2. The highest BCUT2D eigenvalue weighted by Gasteiger charge is 2.01. The zero-order valence-corrected chi connectivity index (χ0v) is 10.5. The van der Waals surface area contributed by atoms with Crippen molar-refractivity contribution in [2.45, 2.75) is 6.54 Å². The summed E-state index contributed by atoms with van der Waals surface area (Å²) in [4.78, 5) is 4.22. The van der Waals surface area contributed by atoms with Crippen molar-refractivity contribution in [3.05, 3.63) is 12.4 Å². The third-order valence-electron chi connectivity index (χ3n) is 2.21. The molecule has 0 amide bonds. The lowest BCUT2D eigenvalue weighted by molar-refractivity contribution is 0.0668. The molecular weight excluding hydrogens is 222 g/mol. The Hall–Kier alpha value is -1.11. The minimum absolute atomic E-state index is 0.623. The second-order valence-electron chi connectivity index (χ2n) is 3.47. The second kappa shape index (κ2) is 8.98. The number of imidazole rings is 1. The van der Waals surface area contributed by atoms with E-state index in [0.29, 0.717) is 26.4 Å². The van der Waals surface area contributed by atoms with Crippen LogP contribution in [0.5, 0.6) is 0 Å². The number of ether oxygens (including phenoxy) is 3. The van der Waals surface area contributed by atoms with Crippen LogP contribution in [0.25, 0.3) is 0 Å². The summed E-state index contributed by atoms with van der Waals surface area (Å²) in [6.45, 7) is 4.09. The van der Waals surface area contributed by atoms with Crippen molar-refractivity contribution in [2.24, 2.45) is 0 Å². The SMILES string of the molecule is COCCNc1nccn1CCOCCOC. The van der Waals surface area contributed by atoms with Crippen LogP contribution in [0.3, 0.4) is 0 Å². The number of rotatable bonds is 10. The van der Waals surface area contributed by atoms with Crippen molar-refractivity contribution in [1.29, 1.82) is 0 Å². The van der Waals surface area contributed by atoms with E-state index in [9.17, 15) is 0 Å². The molecule has 17 heavy (non-hydrogen) atoms. The molecule has 1 rings (SSSR count). The van der Waals surface area contributed by atoms with Gasteiger partial charge in [0.25, 0.3) is 0 Å². The molecule has 0 fully saturated rings. The molecule has 0 unspecified atom stereocenters. The van der Waals surface area contributed by atoms with Crippen LogP contribution in [0, 0.1) is 0 Å². The fraction of sp³-hybridized carbons (Fsp3) is 0.727. The molecule has 0 atom stereocenters. The molecule has 0 radical (unpaired) electrons. The van der Waals surface area contributed by atoms with Gasteiger partial charge in [0, 0.05) is 39.7 Å². The summed E-state index contributed by atoms with van der Waals surface area (Å²) < 4.78 is 17.3. The number of hydrogen-bond acceptors (Lipinski definition) is 5. The highest BCUT2D eigenvalue weighted by Crippen LogP contribution is 2.03. The largest absolute Gasteiger partial charge is 0.383 e. The molecule has 0 saturated heterocycles. The van der Waals surface area contributed by atoms with Gasteiger partial charge in [0.05, 0.1) is 26.4 Å². The van der Waals surface area contributed by atoms with Crippen LogP contribution in [-0.2, 0) is 20.8 Å². The van der Waals surface area contributed by atoms with Crippen molar-refractivity contribution in [1.82, 2.24) is 9.55 Å². The van der Waals surface area contributed by atoms with Crippen LogP contribution in [0.15, 0.2) is 12.4 Å². The van der Waals surface area contributed by atoms with Crippen LogP contribution < -0.4 is 5.32 Å². The zero-order chi connectivity index (χ0) is 12.3. The zero-order valence-electron chi connectivity index (χ0n) is 10.5. The molecule has 6 heteroatoms.